The minimum Gasteiger partial charge on any atom is -0.488 e. The average molecular weight is 267 g/mol. The molecule has 0 aliphatic heterocycles. The van der Waals surface area contributed by atoms with E-state index in [-0.39, 0.29) is 5.78 Å². The van der Waals surface area contributed by atoms with E-state index >= 15 is 0 Å². The number of rotatable bonds is 4. The molecular formula is C13H11ClO2S. The van der Waals surface area contributed by atoms with Crippen LogP contribution in [0.25, 0.3) is 0 Å². The molecule has 1 heterocycles. The molecule has 0 bridgehead atoms. The summed E-state index contributed by atoms with van der Waals surface area (Å²) in [6.45, 7) is 2.01. The molecule has 1 aromatic carbocycles. The number of hydrogen-bond acceptors (Lipinski definition) is 3. The molecule has 17 heavy (non-hydrogen) atoms. The molecule has 0 spiro atoms. The molecule has 2 rings (SSSR count). The third kappa shape index (κ3) is 3.08. The van der Waals surface area contributed by atoms with Gasteiger partial charge in [-0.2, -0.15) is 0 Å². The summed E-state index contributed by atoms with van der Waals surface area (Å²) in [6.07, 6.45) is 0. The molecule has 88 valence electrons. The maximum Gasteiger partial charge on any atom is 0.161 e. The second-order valence-corrected chi connectivity index (χ2v) is 5.01. The van der Waals surface area contributed by atoms with Crippen LogP contribution >= 0.6 is 22.9 Å². The zero-order valence-electron chi connectivity index (χ0n) is 9.27. The Labute approximate surface area is 109 Å². The molecule has 0 saturated carbocycles. The number of ether oxygens (including phenoxy) is 1. The van der Waals surface area contributed by atoms with Gasteiger partial charge in [0.2, 0.25) is 0 Å². The molecule has 1 aromatic heterocycles. The van der Waals surface area contributed by atoms with Gasteiger partial charge in [0.15, 0.2) is 5.78 Å². The van der Waals surface area contributed by atoms with E-state index in [2.05, 4.69) is 0 Å². The van der Waals surface area contributed by atoms with Gasteiger partial charge in [-0.3, -0.25) is 4.79 Å². The van der Waals surface area contributed by atoms with Crippen LogP contribution in [0.4, 0.5) is 0 Å². The van der Waals surface area contributed by atoms with Gasteiger partial charge in [0, 0.05) is 10.4 Å². The predicted molar refractivity (Wildman–Crippen MR) is 70.1 cm³/mol. The zero-order chi connectivity index (χ0) is 12.3. The second kappa shape index (κ2) is 5.34. The van der Waals surface area contributed by atoms with Gasteiger partial charge in [0.25, 0.3) is 0 Å². The smallest absolute Gasteiger partial charge is 0.161 e. The molecule has 2 nitrogen and oxygen atoms in total. The van der Waals surface area contributed by atoms with Crippen molar-refractivity contribution in [3.63, 3.8) is 0 Å². The van der Waals surface area contributed by atoms with Crippen molar-refractivity contribution in [2.75, 3.05) is 0 Å². The molecule has 0 radical (unpaired) electrons. The van der Waals surface area contributed by atoms with Crippen molar-refractivity contribution in [2.24, 2.45) is 0 Å². The number of carbonyl (C=O) groups is 1. The van der Waals surface area contributed by atoms with Gasteiger partial charge in [0.1, 0.15) is 12.4 Å². The van der Waals surface area contributed by atoms with Crippen LogP contribution in [0.15, 0.2) is 35.7 Å². The van der Waals surface area contributed by atoms with Crippen molar-refractivity contribution < 1.29 is 9.53 Å². The normalized spacial score (nSPS) is 10.2. The van der Waals surface area contributed by atoms with Gasteiger partial charge in [0.05, 0.1) is 5.02 Å². The highest BCUT2D eigenvalue weighted by Crippen LogP contribution is 2.24. The lowest BCUT2D eigenvalue weighted by molar-refractivity contribution is 0.101. The maximum atomic E-state index is 11.2. The lowest BCUT2D eigenvalue weighted by Crippen LogP contribution is -1.96. The zero-order valence-corrected chi connectivity index (χ0v) is 10.8. The summed E-state index contributed by atoms with van der Waals surface area (Å²) in [4.78, 5) is 12.3. The van der Waals surface area contributed by atoms with Crippen molar-refractivity contribution in [3.8, 4) is 5.75 Å². The van der Waals surface area contributed by atoms with Crippen LogP contribution in [0.2, 0.25) is 5.02 Å². The van der Waals surface area contributed by atoms with Crippen LogP contribution in [0.5, 0.6) is 5.75 Å². The summed E-state index contributed by atoms with van der Waals surface area (Å²) in [6, 6.07) is 9.11. The second-order valence-electron chi connectivity index (χ2n) is 3.57. The number of ketones is 1. The van der Waals surface area contributed by atoms with E-state index in [4.69, 9.17) is 16.3 Å². The molecule has 0 fully saturated rings. The third-order valence-electron chi connectivity index (χ3n) is 2.28. The minimum atomic E-state index is -0.0418. The Morgan fingerprint density at radius 1 is 1.41 bits per heavy atom. The van der Waals surface area contributed by atoms with E-state index in [1.165, 1.54) is 6.92 Å². The molecule has 0 saturated heterocycles. The van der Waals surface area contributed by atoms with E-state index < -0.39 is 0 Å². The molecule has 4 heteroatoms. The Kier molecular flexibility index (Phi) is 3.82. The van der Waals surface area contributed by atoms with Crippen LogP contribution in [0.1, 0.15) is 22.2 Å². The summed E-state index contributed by atoms with van der Waals surface area (Å²) in [7, 11) is 0. The van der Waals surface area contributed by atoms with Gasteiger partial charge in [-0.15, -0.1) is 11.3 Å². The Hall–Kier alpha value is -1.32. The van der Waals surface area contributed by atoms with Crippen molar-refractivity contribution in [1.82, 2.24) is 0 Å². The van der Waals surface area contributed by atoms with Crippen molar-refractivity contribution in [1.29, 1.82) is 0 Å². The predicted octanol–water partition coefficient (Wildman–Crippen LogP) is 4.18. The van der Waals surface area contributed by atoms with E-state index in [9.17, 15) is 4.79 Å². The Bertz CT molecular complexity index is 520. The monoisotopic (exact) mass is 266 g/mol. The van der Waals surface area contributed by atoms with E-state index in [0.29, 0.717) is 22.9 Å². The molecule has 0 unspecified atom stereocenters. The Balaban J connectivity index is 2.07. The lowest BCUT2D eigenvalue weighted by Gasteiger charge is -2.06. The van der Waals surface area contributed by atoms with Crippen LogP contribution in [-0.4, -0.2) is 5.78 Å². The number of halogens is 1. The Morgan fingerprint density at radius 2 is 2.24 bits per heavy atom. The standard InChI is InChI=1S/C13H11ClO2S/c1-9(15)12-5-4-10(7-13(12)14)16-8-11-3-2-6-17-11/h2-7H,8H2,1H3. The maximum absolute atomic E-state index is 11.2. The third-order valence-corrected chi connectivity index (χ3v) is 3.44. The first-order valence-corrected chi connectivity index (χ1v) is 6.38. The topological polar surface area (TPSA) is 26.3 Å². The number of carbonyl (C=O) groups excluding carboxylic acids is 1. The molecule has 0 atom stereocenters. The van der Waals surface area contributed by atoms with E-state index in [1.54, 1.807) is 29.5 Å². The van der Waals surface area contributed by atoms with Crippen molar-refractivity contribution in [2.45, 2.75) is 13.5 Å². The van der Waals surface area contributed by atoms with E-state index in [0.717, 1.165) is 4.88 Å². The van der Waals surface area contributed by atoms with Gasteiger partial charge < -0.3 is 4.74 Å². The summed E-state index contributed by atoms with van der Waals surface area (Å²) < 4.78 is 5.58. The van der Waals surface area contributed by atoms with Crippen molar-refractivity contribution in [3.05, 3.63) is 51.2 Å². The number of benzene rings is 1. The van der Waals surface area contributed by atoms with Crippen LogP contribution in [0, 0.1) is 0 Å². The molecule has 2 aromatic rings. The SMILES string of the molecule is CC(=O)c1ccc(OCc2cccs2)cc1Cl. The summed E-state index contributed by atoms with van der Waals surface area (Å²) in [5.41, 5.74) is 0.523. The van der Waals surface area contributed by atoms with Gasteiger partial charge >= 0.3 is 0 Å². The Morgan fingerprint density at radius 3 is 2.82 bits per heavy atom. The fourth-order valence-electron chi connectivity index (χ4n) is 1.42. The average Bonchev–Trinajstić information content (AvgIpc) is 2.78. The molecule has 0 N–H and O–H groups in total. The first-order valence-electron chi connectivity index (χ1n) is 5.12. The van der Waals surface area contributed by atoms with Crippen LogP contribution in [-0.2, 0) is 6.61 Å². The van der Waals surface area contributed by atoms with Gasteiger partial charge in [-0.25, -0.2) is 0 Å². The molecule has 0 aliphatic rings. The van der Waals surface area contributed by atoms with Crippen molar-refractivity contribution >= 4 is 28.7 Å². The molecule has 0 amide bonds. The number of thiophene rings is 1. The highest BCUT2D eigenvalue weighted by atomic mass is 35.5. The van der Waals surface area contributed by atoms with E-state index in [1.807, 2.05) is 17.5 Å². The largest absolute Gasteiger partial charge is 0.488 e. The molecular weight excluding hydrogens is 256 g/mol. The highest BCUT2D eigenvalue weighted by Gasteiger charge is 2.06. The molecule has 0 aliphatic carbocycles. The van der Waals surface area contributed by atoms with Gasteiger partial charge in [-0.05, 0) is 36.6 Å². The lowest BCUT2D eigenvalue weighted by atomic mass is 10.1. The first kappa shape index (κ1) is 12.1. The minimum absolute atomic E-state index is 0.0418. The summed E-state index contributed by atoms with van der Waals surface area (Å²) >= 11 is 7.63. The number of Topliss-reactive ketones (excluding diaryl/α,β-unsaturated/α-hetero) is 1. The fourth-order valence-corrected chi connectivity index (χ4v) is 2.34. The first-order chi connectivity index (χ1) is 8.16. The summed E-state index contributed by atoms with van der Waals surface area (Å²) in [5.74, 6) is 0.633. The fraction of sp³-hybridized carbons (Fsp3) is 0.154. The number of hydrogen-bond donors (Lipinski definition) is 0. The van der Waals surface area contributed by atoms with Crippen LogP contribution in [0.3, 0.4) is 0 Å². The van der Waals surface area contributed by atoms with Gasteiger partial charge in [-0.1, -0.05) is 17.7 Å². The van der Waals surface area contributed by atoms with Crippen LogP contribution < -0.4 is 4.74 Å². The summed E-state index contributed by atoms with van der Waals surface area (Å²) in [5, 5.41) is 2.44. The highest BCUT2D eigenvalue weighted by molar-refractivity contribution is 7.09. The quantitative estimate of drug-likeness (QED) is 0.776.